The van der Waals surface area contributed by atoms with Gasteiger partial charge in [-0.3, -0.25) is 4.79 Å². The molecule has 0 aliphatic carbocycles. The Labute approximate surface area is 161 Å². The maximum absolute atomic E-state index is 12.8. The summed E-state index contributed by atoms with van der Waals surface area (Å²) >= 11 is 2.90. The van der Waals surface area contributed by atoms with Gasteiger partial charge in [0.1, 0.15) is 0 Å². The van der Waals surface area contributed by atoms with Crippen LogP contribution in [0, 0.1) is 5.92 Å². The summed E-state index contributed by atoms with van der Waals surface area (Å²) in [5, 5.41) is 11.2. The quantitative estimate of drug-likeness (QED) is 0.579. The second-order valence-electron chi connectivity index (χ2n) is 5.81. The molecule has 2 heterocycles. The summed E-state index contributed by atoms with van der Waals surface area (Å²) < 4.78 is 27.7. The first-order valence-electron chi connectivity index (χ1n) is 8.33. The summed E-state index contributed by atoms with van der Waals surface area (Å²) in [4.78, 5) is 12.8. The zero-order chi connectivity index (χ0) is 18.6. The molecule has 1 atom stereocenters. The van der Waals surface area contributed by atoms with Crippen molar-refractivity contribution in [1.29, 1.82) is 0 Å². The Morgan fingerprint density at radius 1 is 1.35 bits per heavy atom. The molecular formula is C16H20N4O3S3. The fraction of sp³-hybridized carbons (Fsp3) is 0.438. The van der Waals surface area contributed by atoms with E-state index in [2.05, 4.69) is 15.5 Å². The number of hydrogen-bond acceptors (Lipinski definition) is 7. The first-order valence-corrected chi connectivity index (χ1v) is 11.6. The minimum Gasteiger partial charge on any atom is -0.300 e. The fourth-order valence-electron chi connectivity index (χ4n) is 2.77. The number of anilines is 1. The number of carbonyl (C=O) groups excluding carboxylic acids is 1. The first-order chi connectivity index (χ1) is 12.5. The van der Waals surface area contributed by atoms with E-state index in [1.807, 2.05) is 6.92 Å². The number of rotatable bonds is 6. The average Bonchev–Trinajstić information content (AvgIpc) is 3.10. The molecule has 1 aliphatic heterocycles. The third kappa shape index (κ3) is 4.43. The molecule has 2 aromatic rings. The molecule has 140 valence electrons. The number of amides is 1. The zero-order valence-corrected chi connectivity index (χ0v) is 16.7. The summed E-state index contributed by atoms with van der Waals surface area (Å²) in [6.07, 6.45) is 1.30. The number of aromatic nitrogens is 2. The van der Waals surface area contributed by atoms with Crippen LogP contribution in [0.1, 0.15) is 19.8 Å². The maximum Gasteiger partial charge on any atom is 0.243 e. The summed E-state index contributed by atoms with van der Waals surface area (Å²) in [5.74, 6) is 0.285. The Bertz CT molecular complexity index is 855. The van der Waals surface area contributed by atoms with Gasteiger partial charge in [-0.25, -0.2) is 8.42 Å². The van der Waals surface area contributed by atoms with Gasteiger partial charge in [0, 0.05) is 13.1 Å². The van der Waals surface area contributed by atoms with Gasteiger partial charge in [-0.15, -0.1) is 10.2 Å². The Balaban J connectivity index is 1.66. The number of thioether (sulfide) groups is 1. The van der Waals surface area contributed by atoms with E-state index in [1.165, 1.54) is 15.6 Å². The zero-order valence-electron chi connectivity index (χ0n) is 14.3. The van der Waals surface area contributed by atoms with Crippen molar-refractivity contribution < 1.29 is 13.2 Å². The predicted molar refractivity (Wildman–Crippen MR) is 103 cm³/mol. The van der Waals surface area contributed by atoms with Gasteiger partial charge < -0.3 is 5.32 Å². The van der Waals surface area contributed by atoms with Crippen LogP contribution in [0.15, 0.2) is 39.6 Å². The molecular weight excluding hydrogens is 392 g/mol. The monoisotopic (exact) mass is 412 g/mol. The Morgan fingerprint density at radius 2 is 2.12 bits per heavy atom. The summed E-state index contributed by atoms with van der Waals surface area (Å²) in [6, 6.07) is 8.32. The second kappa shape index (κ2) is 8.47. The molecule has 0 spiro atoms. The van der Waals surface area contributed by atoms with Crippen LogP contribution >= 0.6 is 23.1 Å². The highest BCUT2D eigenvalue weighted by atomic mass is 32.2. The van der Waals surface area contributed by atoms with Crippen molar-refractivity contribution in [3.8, 4) is 0 Å². The van der Waals surface area contributed by atoms with E-state index in [9.17, 15) is 13.2 Å². The number of nitrogens with zero attached hydrogens (tertiary/aromatic N) is 3. The highest BCUT2D eigenvalue weighted by molar-refractivity contribution is 8.01. The largest absolute Gasteiger partial charge is 0.300 e. The average molecular weight is 413 g/mol. The molecule has 7 nitrogen and oxygen atoms in total. The van der Waals surface area contributed by atoms with Crippen molar-refractivity contribution >= 4 is 44.2 Å². The SMILES string of the molecule is CCSc1nnc(NC(=O)C2CCCN(S(=O)(=O)c3ccccc3)C2)s1. The number of hydrogen-bond donors (Lipinski definition) is 1. The molecule has 26 heavy (non-hydrogen) atoms. The number of sulfonamides is 1. The van der Waals surface area contributed by atoms with Crippen molar-refractivity contribution in [3.05, 3.63) is 30.3 Å². The van der Waals surface area contributed by atoms with Gasteiger partial charge in [0.05, 0.1) is 10.8 Å². The maximum atomic E-state index is 12.8. The van der Waals surface area contributed by atoms with E-state index in [0.717, 1.165) is 10.1 Å². The topological polar surface area (TPSA) is 92.3 Å². The normalized spacial score (nSPS) is 18.6. The van der Waals surface area contributed by atoms with E-state index in [0.29, 0.717) is 24.5 Å². The van der Waals surface area contributed by atoms with Crippen molar-refractivity contribution in [3.63, 3.8) is 0 Å². The van der Waals surface area contributed by atoms with Crippen molar-refractivity contribution in [2.75, 3.05) is 24.2 Å². The molecule has 1 amide bonds. The van der Waals surface area contributed by atoms with Crippen LogP contribution in [-0.2, 0) is 14.8 Å². The molecule has 10 heteroatoms. The number of carbonyl (C=O) groups is 1. The Morgan fingerprint density at radius 3 is 2.85 bits per heavy atom. The van der Waals surface area contributed by atoms with Gasteiger partial charge in [0.25, 0.3) is 0 Å². The van der Waals surface area contributed by atoms with E-state index in [4.69, 9.17) is 0 Å². The van der Waals surface area contributed by atoms with Crippen molar-refractivity contribution in [1.82, 2.24) is 14.5 Å². The van der Waals surface area contributed by atoms with Crippen molar-refractivity contribution in [2.45, 2.75) is 29.0 Å². The standard InChI is InChI=1S/C16H20N4O3S3/c1-2-24-16-19-18-15(25-16)17-14(21)12-7-6-10-20(11-12)26(22,23)13-8-4-3-5-9-13/h3-5,8-9,12H,2,6-7,10-11H2,1H3,(H,17,18,21). The minimum absolute atomic E-state index is 0.179. The van der Waals surface area contributed by atoms with Gasteiger partial charge in [-0.05, 0) is 30.7 Å². The van der Waals surface area contributed by atoms with E-state index < -0.39 is 15.9 Å². The third-order valence-corrected chi connectivity index (χ3v) is 7.77. The molecule has 0 radical (unpaired) electrons. The Kier molecular flexibility index (Phi) is 6.28. The molecule has 1 aliphatic rings. The first kappa shape index (κ1) is 19.3. The van der Waals surface area contributed by atoms with Gasteiger partial charge in [-0.1, -0.05) is 48.2 Å². The van der Waals surface area contributed by atoms with Crippen LogP contribution in [0.5, 0.6) is 0 Å². The lowest BCUT2D eigenvalue weighted by Crippen LogP contribution is -2.43. The molecule has 3 rings (SSSR count). The van der Waals surface area contributed by atoms with Crippen LogP contribution in [0.25, 0.3) is 0 Å². The minimum atomic E-state index is -3.58. The highest BCUT2D eigenvalue weighted by Crippen LogP contribution is 2.27. The summed E-state index contributed by atoms with van der Waals surface area (Å²) in [6.45, 7) is 2.63. The van der Waals surface area contributed by atoms with Gasteiger partial charge >= 0.3 is 0 Å². The number of piperidine rings is 1. The van der Waals surface area contributed by atoms with E-state index >= 15 is 0 Å². The van der Waals surface area contributed by atoms with Crippen LogP contribution < -0.4 is 5.32 Å². The summed E-state index contributed by atoms with van der Waals surface area (Å²) in [5.41, 5.74) is 0. The van der Waals surface area contributed by atoms with Crippen LogP contribution in [-0.4, -0.2) is 47.7 Å². The molecule has 1 aromatic carbocycles. The lowest BCUT2D eigenvalue weighted by atomic mass is 9.99. The molecule has 1 unspecified atom stereocenters. The number of nitrogens with one attached hydrogen (secondary N) is 1. The predicted octanol–water partition coefficient (Wildman–Crippen LogP) is 2.69. The molecule has 1 N–H and O–H groups in total. The smallest absolute Gasteiger partial charge is 0.243 e. The highest BCUT2D eigenvalue weighted by Gasteiger charge is 2.33. The second-order valence-corrected chi connectivity index (χ2v) is 10.2. The van der Waals surface area contributed by atoms with E-state index in [-0.39, 0.29) is 17.3 Å². The van der Waals surface area contributed by atoms with Crippen LogP contribution in [0.4, 0.5) is 5.13 Å². The van der Waals surface area contributed by atoms with E-state index in [1.54, 1.807) is 42.1 Å². The van der Waals surface area contributed by atoms with Crippen molar-refractivity contribution in [2.24, 2.45) is 5.92 Å². The molecule has 1 fully saturated rings. The number of benzene rings is 1. The molecule has 0 saturated carbocycles. The molecule has 1 aromatic heterocycles. The van der Waals surface area contributed by atoms with Gasteiger partial charge in [-0.2, -0.15) is 4.31 Å². The van der Waals surface area contributed by atoms with Crippen LogP contribution in [0.3, 0.4) is 0 Å². The van der Waals surface area contributed by atoms with Gasteiger partial charge in [0.2, 0.25) is 21.1 Å². The van der Waals surface area contributed by atoms with Gasteiger partial charge in [0.15, 0.2) is 4.34 Å². The lowest BCUT2D eigenvalue weighted by Gasteiger charge is -2.31. The fourth-order valence-corrected chi connectivity index (χ4v) is 5.96. The molecule has 0 bridgehead atoms. The Hall–Kier alpha value is -1.49. The molecule has 1 saturated heterocycles. The third-order valence-electron chi connectivity index (χ3n) is 4.04. The summed E-state index contributed by atoms with van der Waals surface area (Å²) in [7, 11) is -3.58. The van der Waals surface area contributed by atoms with Crippen LogP contribution in [0.2, 0.25) is 0 Å². The lowest BCUT2D eigenvalue weighted by molar-refractivity contribution is -0.120.